The number of carbonyl (C=O) groups excluding carboxylic acids is 3. The lowest BCUT2D eigenvalue weighted by Gasteiger charge is -2.08. The molecule has 0 fully saturated rings. The van der Waals surface area contributed by atoms with Crippen LogP contribution >= 0.6 is 11.3 Å². The topological polar surface area (TPSA) is 163 Å². The number of aryl methyl sites for hydroxylation is 1. The van der Waals surface area contributed by atoms with Crippen LogP contribution in [0.3, 0.4) is 0 Å². The number of benzene rings is 1. The van der Waals surface area contributed by atoms with Crippen LogP contribution in [-0.4, -0.2) is 46.6 Å². The van der Waals surface area contributed by atoms with Gasteiger partial charge in [-0.05, 0) is 19.4 Å². The summed E-state index contributed by atoms with van der Waals surface area (Å²) in [6, 6.07) is 3.86. The standard InChI is InChI=1S/C17H19N5O7S/c1-10-20-21-17(30-10)19-14(23)4-3-5-16(25)29-9-15(24)18-12-8-11(28-2)6-7-13(12)22(26)27/h6-8H,3-5,9H2,1-2H3,(H,18,24)(H,19,21,23). The number of aromatic nitrogens is 2. The van der Waals surface area contributed by atoms with Crippen molar-refractivity contribution in [2.24, 2.45) is 0 Å². The minimum absolute atomic E-state index is 0.0654. The zero-order valence-corrected chi connectivity index (χ0v) is 17.0. The lowest BCUT2D eigenvalue weighted by atomic mass is 10.2. The van der Waals surface area contributed by atoms with E-state index in [9.17, 15) is 24.5 Å². The normalized spacial score (nSPS) is 10.2. The van der Waals surface area contributed by atoms with E-state index in [1.54, 1.807) is 6.92 Å². The Morgan fingerprint density at radius 3 is 2.57 bits per heavy atom. The third kappa shape index (κ3) is 7.09. The maximum atomic E-state index is 12.0. The number of amides is 2. The zero-order chi connectivity index (χ0) is 22.1. The Balaban J connectivity index is 1.73. The number of hydrogen-bond acceptors (Lipinski definition) is 10. The van der Waals surface area contributed by atoms with Crippen LogP contribution in [0, 0.1) is 17.0 Å². The minimum Gasteiger partial charge on any atom is -0.497 e. The van der Waals surface area contributed by atoms with Crippen LogP contribution in [0.25, 0.3) is 0 Å². The summed E-state index contributed by atoms with van der Waals surface area (Å²) in [6.45, 7) is 1.13. The van der Waals surface area contributed by atoms with E-state index in [4.69, 9.17) is 9.47 Å². The molecule has 0 saturated heterocycles. The number of anilines is 2. The van der Waals surface area contributed by atoms with Gasteiger partial charge in [0.15, 0.2) is 6.61 Å². The second-order valence-electron chi connectivity index (χ2n) is 5.88. The molecule has 2 aromatic rings. The van der Waals surface area contributed by atoms with Gasteiger partial charge in [-0.3, -0.25) is 24.5 Å². The van der Waals surface area contributed by atoms with Gasteiger partial charge in [0.05, 0.1) is 12.0 Å². The van der Waals surface area contributed by atoms with Crippen molar-refractivity contribution in [2.45, 2.75) is 26.2 Å². The average Bonchev–Trinajstić information content (AvgIpc) is 3.10. The third-order valence-electron chi connectivity index (χ3n) is 3.60. The summed E-state index contributed by atoms with van der Waals surface area (Å²) in [5, 5.41) is 24.5. The van der Waals surface area contributed by atoms with Gasteiger partial charge in [-0.15, -0.1) is 10.2 Å². The molecule has 1 heterocycles. The van der Waals surface area contributed by atoms with Crippen molar-refractivity contribution in [3.63, 3.8) is 0 Å². The van der Waals surface area contributed by atoms with E-state index in [0.29, 0.717) is 15.9 Å². The van der Waals surface area contributed by atoms with Crippen LogP contribution in [0.4, 0.5) is 16.5 Å². The Labute approximate surface area is 174 Å². The molecule has 160 valence electrons. The van der Waals surface area contributed by atoms with Gasteiger partial charge in [0, 0.05) is 25.0 Å². The van der Waals surface area contributed by atoms with Crippen molar-refractivity contribution in [1.29, 1.82) is 0 Å². The molecule has 0 spiro atoms. The van der Waals surface area contributed by atoms with Crippen molar-refractivity contribution in [3.05, 3.63) is 33.3 Å². The van der Waals surface area contributed by atoms with E-state index in [1.165, 1.54) is 36.6 Å². The summed E-state index contributed by atoms with van der Waals surface area (Å²) in [4.78, 5) is 45.8. The lowest BCUT2D eigenvalue weighted by molar-refractivity contribution is -0.383. The van der Waals surface area contributed by atoms with E-state index in [-0.39, 0.29) is 36.5 Å². The molecule has 13 heteroatoms. The summed E-state index contributed by atoms with van der Waals surface area (Å²) in [5.41, 5.74) is -0.406. The fourth-order valence-corrected chi connectivity index (χ4v) is 2.84. The number of nitro benzene ring substituents is 1. The van der Waals surface area contributed by atoms with Crippen LogP contribution in [0.15, 0.2) is 18.2 Å². The molecule has 30 heavy (non-hydrogen) atoms. The second kappa shape index (κ2) is 10.8. The highest BCUT2D eigenvalue weighted by Crippen LogP contribution is 2.28. The first kappa shape index (κ1) is 22.7. The van der Waals surface area contributed by atoms with Crippen LogP contribution in [0.5, 0.6) is 5.75 Å². The molecule has 1 aromatic carbocycles. The number of nitrogens with zero attached hydrogens (tertiary/aromatic N) is 3. The fourth-order valence-electron chi connectivity index (χ4n) is 2.23. The minimum atomic E-state index is -0.746. The number of hydrogen-bond donors (Lipinski definition) is 2. The third-order valence-corrected chi connectivity index (χ3v) is 4.35. The molecule has 0 aliphatic rings. The van der Waals surface area contributed by atoms with Crippen molar-refractivity contribution in [2.75, 3.05) is 24.4 Å². The molecule has 0 bridgehead atoms. The van der Waals surface area contributed by atoms with E-state index in [2.05, 4.69) is 20.8 Å². The zero-order valence-electron chi connectivity index (χ0n) is 16.2. The highest BCUT2D eigenvalue weighted by atomic mass is 32.1. The van der Waals surface area contributed by atoms with Gasteiger partial charge < -0.3 is 20.1 Å². The van der Waals surface area contributed by atoms with Gasteiger partial charge in [-0.2, -0.15) is 0 Å². The molecule has 12 nitrogen and oxygen atoms in total. The summed E-state index contributed by atoms with van der Waals surface area (Å²) in [5.74, 6) is -1.43. The maximum absolute atomic E-state index is 12.0. The first-order valence-electron chi connectivity index (χ1n) is 8.66. The Kier molecular flexibility index (Phi) is 8.17. The molecule has 0 saturated carbocycles. The largest absolute Gasteiger partial charge is 0.497 e. The van der Waals surface area contributed by atoms with Gasteiger partial charge >= 0.3 is 5.97 Å². The fraction of sp³-hybridized carbons (Fsp3) is 0.353. The number of esters is 1. The Bertz CT molecular complexity index is 946. The smallest absolute Gasteiger partial charge is 0.306 e. The molecule has 0 aliphatic heterocycles. The molecule has 2 N–H and O–H groups in total. The number of methoxy groups -OCH3 is 1. The molecule has 0 unspecified atom stereocenters. The number of nitrogens with one attached hydrogen (secondary N) is 2. The van der Waals surface area contributed by atoms with Gasteiger partial charge in [0.2, 0.25) is 11.0 Å². The maximum Gasteiger partial charge on any atom is 0.306 e. The number of carbonyl (C=O) groups is 3. The molecule has 0 aliphatic carbocycles. The Hall–Kier alpha value is -3.61. The van der Waals surface area contributed by atoms with Gasteiger partial charge in [0.1, 0.15) is 16.4 Å². The monoisotopic (exact) mass is 437 g/mol. The van der Waals surface area contributed by atoms with Gasteiger partial charge in [-0.1, -0.05) is 11.3 Å². The van der Waals surface area contributed by atoms with E-state index >= 15 is 0 Å². The van der Waals surface area contributed by atoms with E-state index in [1.807, 2.05) is 0 Å². The molecule has 0 atom stereocenters. The first-order chi connectivity index (χ1) is 14.3. The Morgan fingerprint density at radius 2 is 1.93 bits per heavy atom. The molecule has 2 rings (SSSR count). The van der Waals surface area contributed by atoms with E-state index < -0.39 is 23.4 Å². The SMILES string of the molecule is COc1ccc([N+](=O)[O-])c(NC(=O)COC(=O)CCCC(=O)Nc2nnc(C)s2)c1. The van der Waals surface area contributed by atoms with E-state index in [0.717, 1.165) is 0 Å². The van der Waals surface area contributed by atoms with Crippen LogP contribution in [0.1, 0.15) is 24.3 Å². The second-order valence-corrected chi connectivity index (χ2v) is 7.06. The van der Waals surface area contributed by atoms with Crippen LogP contribution in [0.2, 0.25) is 0 Å². The summed E-state index contributed by atoms with van der Waals surface area (Å²) in [7, 11) is 1.38. The van der Waals surface area contributed by atoms with Crippen molar-refractivity contribution in [3.8, 4) is 5.75 Å². The molecule has 0 radical (unpaired) electrons. The molecular formula is C17H19N5O7S. The Morgan fingerprint density at radius 1 is 1.17 bits per heavy atom. The average molecular weight is 437 g/mol. The molecule has 1 aromatic heterocycles. The quantitative estimate of drug-likeness (QED) is 0.322. The molecule has 2 amide bonds. The first-order valence-corrected chi connectivity index (χ1v) is 9.48. The van der Waals surface area contributed by atoms with Crippen molar-refractivity contribution in [1.82, 2.24) is 10.2 Å². The number of ether oxygens (including phenoxy) is 2. The molecular weight excluding hydrogens is 418 g/mol. The highest BCUT2D eigenvalue weighted by molar-refractivity contribution is 7.15. The van der Waals surface area contributed by atoms with Crippen molar-refractivity contribution >= 4 is 45.6 Å². The van der Waals surface area contributed by atoms with Crippen LogP contribution in [-0.2, 0) is 19.1 Å². The van der Waals surface area contributed by atoms with Crippen molar-refractivity contribution < 1.29 is 28.8 Å². The lowest BCUT2D eigenvalue weighted by Crippen LogP contribution is -2.21. The summed E-state index contributed by atoms with van der Waals surface area (Å²) in [6.07, 6.45) is 0.205. The predicted octanol–water partition coefficient (Wildman–Crippen LogP) is 2.05. The highest BCUT2D eigenvalue weighted by Gasteiger charge is 2.18. The number of rotatable bonds is 10. The summed E-state index contributed by atoms with van der Waals surface area (Å²) < 4.78 is 9.81. The predicted molar refractivity (Wildman–Crippen MR) is 106 cm³/mol. The van der Waals surface area contributed by atoms with Gasteiger partial charge in [-0.25, -0.2) is 0 Å². The number of nitro groups is 1. The summed E-state index contributed by atoms with van der Waals surface area (Å²) >= 11 is 1.23. The van der Waals surface area contributed by atoms with Gasteiger partial charge in [0.25, 0.3) is 11.6 Å². The van der Waals surface area contributed by atoms with Crippen LogP contribution < -0.4 is 15.4 Å².